The van der Waals surface area contributed by atoms with Crippen LogP contribution in [-0.2, 0) is 25.7 Å². The molecule has 5 rings (SSSR count). The molecular weight excluding hydrogens is 312 g/mol. The van der Waals surface area contributed by atoms with Crippen molar-refractivity contribution in [2.24, 2.45) is 5.92 Å². The molecule has 6 nitrogen and oxygen atoms in total. The van der Waals surface area contributed by atoms with Crippen LogP contribution < -0.4 is 10.2 Å². The van der Waals surface area contributed by atoms with Crippen LogP contribution in [0.15, 0.2) is 6.07 Å². The minimum atomic E-state index is 0.641. The first kappa shape index (κ1) is 15.0. The molecule has 3 aliphatic rings. The van der Waals surface area contributed by atoms with Crippen molar-refractivity contribution < 1.29 is 0 Å². The first-order valence-corrected chi connectivity index (χ1v) is 9.47. The maximum Gasteiger partial charge on any atom is 0.151 e. The molecular formula is C19H24N6. The topological polar surface area (TPSA) is 66.8 Å². The Morgan fingerprint density at radius 3 is 2.80 bits per heavy atom. The molecule has 0 bridgehead atoms. The number of nitrogens with zero attached hydrogens (tertiary/aromatic N) is 5. The Balaban J connectivity index is 1.20. The number of anilines is 2. The summed E-state index contributed by atoms with van der Waals surface area (Å²) < 4.78 is 0. The highest BCUT2D eigenvalue weighted by molar-refractivity contribution is 5.50. The number of hydrogen-bond donors (Lipinski definition) is 1. The second-order valence-corrected chi connectivity index (χ2v) is 7.58. The van der Waals surface area contributed by atoms with Crippen molar-refractivity contribution >= 4 is 11.6 Å². The van der Waals surface area contributed by atoms with Crippen molar-refractivity contribution in [1.29, 1.82) is 0 Å². The third-order valence-corrected chi connectivity index (χ3v) is 5.69. The second-order valence-electron chi connectivity index (χ2n) is 7.58. The minimum Gasteiger partial charge on any atom is -0.369 e. The Labute approximate surface area is 148 Å². The number of rotatable bonds is 4. The van der Waals surface area contributed by atoms with Crippen LogP contribution in [0.5, 0.6) is 0 Å². The summed E-state index contributed by atoms with van der Waals surface area (Å²) in [7, 11) is 0. The third kappa shape index (κ3) is 2.73. The molecule has 1 N–H and O–H groups in total. The van der Waals surface area contributed by atoms with Crippen LogP contribution in [0.1, 0.15) is 41.2 Å². The van der Waals surface area contributed by atoms with E-state index in [1.807, 2.05) is 6.92 Å². The van der Waals surface area contributed by atoms with Gasteiger partial charge in [0.05, 0.1) is 5.69 Å². The molecule has 130 valence electrons. The van der Waals surface area contributed by atoms with Crippen molar-refractivity contribution in [3.8, 4) is 0 Å². The maximum atomic E-state index is 4.63. The van der Waals surface area contributed by atoms with Crippen molar-refractivity contribution in [2.45, 2.75) is 45.4 Å². The molecule has 3 heterocycles. The Hall–Kier alpha value is -2.24. The van der Waals surface area contributed by atoms with Gasteiger partial charge in [0, 0.05) is 36.8 Å². The van der Waals surface area contributed by atoms with Crippen molar-refractivity contribution in [1.82, 2.24) is 20.2 Å². The Morgan fingerprint density at radius 1 is 1.04 bits per heavy atom. The lowest BCUT2D eigenvalue weighted by molar-refractivity contribution is 0.424. The second kappa shape index (κ2) is 5.93. The summed E-state index contributed by atoms with van der Waals surface area (Å²) in [4.78, 5) is 11.6. The van der Waals surface area contributed by atoms with E-state index in [1.165, 1.54) is 35.4 Å². The quantitative estimate of drug-likeness (QED) is 0.922. The van der Waals surface area contributed by atoms with Gasteiger partial charge in [0.1, 0.15) is 11.6 Å². The van der Waals surface area contributed by atoms with Crippen LogP contribution in [-0.4, -0.2) is 39.8 Å². The fourth-order valence-electron chi connectivity index (χ4n) is 4.30. The number of fused-ring (bicyclic) bond motifs is 2. The molecule has 0 aromatic carbocycles. The molecule has 1 aliphatic heterocycles. The maximum absolute atomic E-state index is 4.63. The smallest absolute Gasteiger partial charge is 0.151 e. The van der Waals surface area contributed by atoms with Crippen LogP contribution >= 0.6 is 0 Å². The standard InChI is InChI=1S/C19H24N6/c1-12-21-17-7-3-5-15(17)19(22-12)20-9-13-10-25(11-13)18-8-14-4-2-6-16(14)23-24-18/h8,13H,2-7,9-11H2,1H3,(H,20,21,22). The molecule has 25 heavy (non-hydrogen) atoms. The Morgan fingerprint density at radius 2 is 1.88 bits per heavy atom. The summed E-state index contributed by atoms with van der Waals surface area (Å²) in [6.07, 6.45) is 6.90. The number of nitrogens with one attached hydrogen (secondary N) is 1. The van der Waals surface area contributed by atoms with Crippen molar-refractivity contribution in [3.05, 3.63) is 34.4 Å². The van der Waals surface area contributed by atoms with Crippen molar-refractivity contribution in [3.63, 3.8) is 0 Å². The molecule has 0 saturated carbocycles. The first-order chi connectivity index (χ1) is 12.3. The van der Waals surface area contributed by atoms with Gasteiger partial charge in [0.15, 0.2) is 5.82 Å². The fraction of sp³-hybridized carbons (Fsp3) is 0.579. The normalized spacial score (nSPS) is 18.8. The summed E-state index contributed by atoms with van der Waals surface area (Å²) in [6.45, 7) is 5.05. The van der Waals surface area contributed by atoms with Crippen molar-refractivity contribution in [2.75, 3.05) is 29.9 Å². The largest absolute Gasteiger partial charge is 0.369 e. The summed E-state index contributed by atoms with van der Waals surface area (Å²) in [5.74, 6) is 3.64. The lowest BCUT2D eigenvalue weighted by Crippen LogP contribution is -2.50. The zero-order chi connectivity index (χ0) is 16.8. The summed E-state index contributed by atoms with van der Waals surface area (Å²) >= 11 is 0. The van der Waals surface area contributed by atoms with Gasteiger partial charge in [0.25, 0.3) is 0 Å². The lowest BCUT2D eigenvalue weighted by atomic mass is 10.00. The SMILES string of the molecule is Cc1nc2c(c(NCC3CN(c4cc5c(nn4)CCC5)C3)n1)CCC2. The van der Waals surface area contributed by atoms with Gasteiger partial charge in [-0.1, -0.05) is 0 Å². The van der Waals surface area contributed by atoms with E-state index in [1.54, 1.807) is 0 Å². The fourth-order valence-corrected chi connectivity index (χ4v) is 4.30. The predicted molar refractivity (Wildman–Crippen MR) is 97.0 cm³/mol. The van der Waals surface area contributed by atoms with Gasteiger partial charge in [-0.25, -0.2) is 9.97 Å². The molecule has 1 saturated heterocycles. The van der Waals surface area contributed by atoms with E-state index in [9.17, 15) is 0 Å². The van der Waals surface area contributed by atoms with Crippen LogP contribution in [0.4, 0.5) is 11.6 Å². The highest BCUT2D eigenvalue weighted by atomic mass is 15.3. The van der Waals surface area contributed by atoms with E-state index in [-0.39, 0.29) is 0 Å². The highest BCUT2D eigenvalue weighted by Crippen LogP contribution is 2.29. The van der Waals surface area contributed by atoms with Gasteiger partial charge in [-0.15, -0.1) is 5.10 Å². The first-order valence-electron chi connectivity index (χ1n) is 9.47. The van der Waals surface area contributed by atoms with E-state index >= 15 is 0 Å². The van der Waals surface area contributed by atoms with E-state index < -0.39 is 0 Å². The molecule has 2 aromatic heterocycles. The Bertz CT molecular complexity index is 812. The van der Waals surface area contributed by atoms with Crippen LogP contribution in [0.3, 0.4) is 0 Å². The number of hydrogen-bond acceptors (Lipinski definition) is 6. The van der Waals surface area contributed by atoms with E-state index in [0.29, 0.717) is 5.92 Å². The molecule has 2 aromatic rings. The van der Waals surface area contributed by atoms with Gasteiger partial charge in [-0.2, -0.15) is 5.10 Å². The van der Waals surface area contributed by atoms with Gasteiger partial charge < -0.3 is 10.2 Å². The molecule has 0 amide bonds. The van der Waals surface area contributed by atoms with Gasteiger partial charge in [0.2, 0.25) is 0 Å². The predicted octanol–water partition coefficient (Wildman–Crippen LogP) is 2.10. The summed E-state index contributed by atoms with van der Waals surface area (Å²) in [5.41, 5.74) is 5.19. The van der Waals surface area contributed by atoms with E-state index in [4.69, 9.17) is 0 Å². The van der Waals surface area contributed by atoms with Gasteiger partial charge in [-0.3, -0.25) is 0 Å². The third-order valence-electron chi connectivity index (χ3n) is 5.69. The van der Waals surface area contributed by atoms with E-state index in [2.05, 4.69) is 36.4 Å². The van der Waals surface area contributed by atoms with Crippen LogP contribution in [0.25, 0.3) is 0 Å². The zero-order valence-electron chi connectivity index (χ0n) is 14.8. The van der Waals surface area contributed by atoms with Crippen LogP contribution in [0.2, 0.25) is 0 Å². The van der Waals surface area contributed by atoms with Crippen LogP contribution in [0, 0.1) is 12.8 Å². The average Bonchev–Trinajstić information content (AvgIpc) is 3.21. The summed E-state index contributed by atoms with van der Waals surface area (Å²) in [5, 5.41) is 12.4. The van der Waals surface area contributed by atoms with Gasteiger partial charge >= 0.3 is 0 Å². The molecule has 1 fully saturated rings. The van der Waals surface area contributed by atoms with E-state index in [0.717, 1.165) is 62.8 Å². The summed E-state index contributed by atoms with van der Waals surface area (Å²) in [6, 6.07) is 2.25. The molecule has 0 spiro atoms. The number of aryl methyl sites for hydroxylation is 4. The van der Waals surface area contributed by atoms with Gasteiger partial charge in [-0.05, 0) is 57.1 Å². The monoisotopic (exact) mass is 336 g/mol. The molecule has 2 aliphatic carbocycles. The molecule has 0 unspecified atom stereocenters. The molecule has 0 atom stereocenters. The minimum absolute atomic E-state index is 0.641. The number of aromatic nitrogens is 4. The lowest BCUT2D eigenvalue weighted by Gasteiger charge is -2.40. The zero-order valence-corrected chi connectivity index (χ0v) is 14.8. The molecule has 6 heteroatoms. The highest BCUT2D eigenvalue weighted by Gasteiger charge is 2.29. The Kier molecular flexibility index (Phi) is 3.57. The molecule has 0 radical (unpaired) electrons. The average molecular weight is 336 g/mol.